The molecule has 0 saturated carbocycles. The highest BCUT2D eigenvalue weighted by atomic mass is 19.4. The molecule has 7 heteroatoms. The lowest BCUT2D eigenvalue weighted by Gasteiger charge is -2.38. The normalized spacial score (nSPS) is 24.2. The first-order valence-electron chi connectivity index (χ1n) is 9.64. The van der Waals surface area contributed by atoms with Gasteiger partial charge in [0.1, 0.15) is 0 Å². The number of amides is 1. The van der Waals surface area contributed by atoms with E-state index in [0.717, 1.165) is 44.5 Å². The SMILES string of the molecule is CCc1cc(C(F)(F)F)cc(C)c1C(=O)NC1COCCC1N1CCCC1. The van der Waals surface area contributed by atoms with Gasteiger partial charge in [-0.25, -0.2) is 0 Å². The molecule has 27 heavy (non-hydrogen) atoms. The van der Waals surface area contributed by atoms with Gasteiger partial charge in [0.2, 0.25) is 0 Å². The fraction of sp³-hybridized carbons (Fsp3) is 0.650. The van der Waals surface area contributed by atoms with Crippen LogP contribution in [0.4, 0.5) is 13.2 Å². The number of nitrogens with zero attached hydrogens (tertiary/aromatic N) is 1. The zero-order chi connectivity index (χ0) is 19.6. The quantitative estimate of drug-likeness (QED) is 0.863. The van der Waals surface area contributed by atoms with Crippen LogP contribution in [0.3, 0.4) is 0 Å². The van der Waals surface area contributed by atoms with Gasteiger partial charge < -0.3 is 10.1 Å². The molecule has 0 radical (unpaired) electrons. The molecule has 2 fully saturated rings. The van der Waals surface area contributed by atoms with Crippen LogP contribution in [0.1, 0.15) is 53.2 Å². The molecule has 1 N–H and O–H groups in total. The molecule has 0 spiro atoms. The second-order valence-electron chi connectivity index (χ2n) is 7.43. The summed E-state index contributed by atoms with van der Waals surface area (Å²) >= 11 is 0. The van der Waals surface area contributed by atoms with Crippen molar-refractivity contribution in [2.24, 2.45) is 0 Å². The third-order valence-corrected chi connectivity index (χ3v) is 5.60. The number of hydrogen-bond acceptors (Lipinski definition) is 3. The average molecular weight is 384 g/mol. The minimum absolute atomic E-state index is 0.143. The maximum Gasteiger partial charge on any atom is 0.416 e. The number of likely N-dealkylation sites (tertiary alicyclic amines) is 1. The lowest BCUT2D eigenvalue weighted by molar-refractivity contribution is -0.137. The average Bonchev–Trinajstić information content (AvgIpc) is 3.15. The molecule has 2 unspecified atom stereocenters. The number of benzene rings is 1. The van der Waals surface area contributed by atoms with Crippen molar-refractivity contribution in [2.75, 3.05) is 26.3 Å². The van der Waals surface area contributed by atoms with Gasteiger partial charge in [-0.3, -0.25) is 9.69 Å². The molecule has 1 amide bonds. The third-order valence-electron chi connectivity index (χ3n) is 5.60. The van der Waals surface area contributed by atoms with Crippen molar-refractivity contribution in [2.45, 2.75) is 57.8 Å². The Balaban J connectivity index is 1.82. The standard InChI is InChI=1S/C20H27F3N2O2/c1-3-14-11-15(20(21,22)23)10-13(2)18(14)19(26)24-16-12-27-9-6-17(16)25-7-4-5-8-25/h10-11,16-17H,3-9,12H2,1-2H3,(H,24,26). The Morgan fingerprint density at radius 3 is 2.63 bits per heavy atom. The Morgan fingerprint density at radius 2 is 2.00 bits per heavy atom. The number of ether oxygens (including phenoxy) is 1. The van der Waals surface area contributed by atoms with Crippen LogP contribution in [0.5, 0.6) is 0 Å². The molecular formula is C20H27F3N2O2. The summed E-state index contributed by atoms with van der Waals surface area (Å²) in [6.07, 6.45) is -0.865. The van der Waals surface area contributed by atoms with Crippen molar-refractivity contribution < 1.29 is 22.7 Å². The fourth-order valence-electron chi connectivity index (χ4n) is 4.24. The topological polar surface area (TPSA) is 41.6 Å². The second-order valence-corrected chi connectivity index (χ2v) is 7.43. The number of alkyl halides is 3. The molecule has 150 valence electrons. The number of carbonyl (C=O) groups excluding carboxylic acids is 1. The van der Waals surface area contributed by atoms with Crippen molar-refractivity contribution in [3.63, 3.8) is 0 Å². The largest absolute Gasteiger partial charge is 0.416 e. The van der Waals surface area contributed by atoms with Crippen LogP contribution in [0, 0.1) is 6.92 Å². The first-order valence-corrected chi connectivity index (χ1v) is 9.64. The first kappa shape index (κ1) is 20.1. The van der Waals surface area contributed by atoms with Crippen LogP contribution in [-0.2, 0) is 17.3 Å². The molecular weight excluding hydrogens is 357 g/mol. The number of hydrogen-bond donors (Lipinski definition) is 1. The molecule has 2 saturated heterocycles. The maximum absolute atomic E-state index is 13.1. The molecule has 0 aromatic heterocycles. The Hall–Kier alpha value is -1.60. The molecule has 1 aromatic carbocycles. The third kappa shape index (κ3) is 4.46. The van der Waals surface area contributed by atoms with Crippen LogP contribution < -0.4 is 5.32 Å². The number of halogens is 3. The summed E-state index contributed by atoms with van der Waals surface area (Å²) in [5, 5.41) is 3.05. The van der Waals surface area contributed by atoms with E-state index >= 15 is 0 Å². The van der Waals surface area contributed by atoms with Gasteiger partial charge in [0.25, 0.3) is 5.91 Å². The highest BCUT2D eigenvalue weighted by Gasteiger charge is 2.35. The number of carbonyl (C=O) groups is 1. The number of nitrogens with one attached hydrogen (secondary N) is 1. The Kier molecular flexibility index (Phi) is 6.11. The van der Waals surface area contributed by atoms with E-state index in [1.807, 2.05) is 0 Å². The molecule has 2 aliphatic heterocycles. The highest BCUT2D eigenvalue weighted by molar-refractivity contribution is 5.97. The summed E-state index contributed by atoms with van der Waals surface area (Å²) in [6.45, 7) is 6.50. The van der Waals surface area contributed by atoms with Crippen molar-refractivity contribution in [3.8, 4) is 0 Å². The highest BCUT2D eigenvalue weighted by Crippen LogP contribution is 2.32. The van der Waals surface area contributed by atoms with E-state index in [0.29, 0.717) is 36.3 Å². The lowest BCUT2D eigenvalue weighted by atomic mass is 9.94. The Morgan fingerprint density at radius 1 is 1.30 bits per heavy atom. The lowest BCUT2D eigenvalue weighted by Crippen LogP contribution is -2.56. The molecule has 2 heterocycles. The van der Waals surface area contributed by atoms with E-state index in [1.165, 1.54) is 0 Å². The van der Waals surface area contributed by atoms with Crippen LogP contribution in [0.25, 0.3) is 0 Å². The van der Waals surface area contributed by atoms with Crippen LogP contribution in [0.15, 0.2) is 12.1 Å². The molecule has 1 aromatic rings. The van der Waals surface area contributed by atoms with E-state index in [1.54, 1.807) is 13.8 Å². The van der Waals surface area contributed by atoms with Crippen LogP contribution in [-0.4, -0.2) is 49.2 Å². The van der Waals surface area contributed by atoms with Gasteiger partial charge in [-0.05, 0) is 69.0 Å². The second kappa shape index (κ2) is 8.19. The number of aryl methyl sites for hydroxylation is 2. The summed E-state index contributed by atoms with van der Waals surface area (Å²) < 4.78 is 44.8. The fourth-order valence-corrected chi connectivity index (χ4v) is 4.24. The monoisotopic (exact) mass is 384 g/mol. The van der Waals surface area contributed by atoms with E-state index in [9.17, 15) is 18.0 Å². The van der Waals surface area contributed by atoms with E-state index in [4.69, 9.17) is 4.74 Å². The van der Waals surface area contributed by atoms with E-state index in [2.05, 4.69) is 10.2 Å². The van der Waals surface area contributed by atoms with Gasteiger partial charge in [-0.15, -0.1) is 0 Å². The van der Waals surface area contributed by atoms with Crippen LogP contribution in [0.2, 0.25) is 0 Å². The van der Waals surface area contributed by atoms with Gasteiger partial charge in [0.15, 0.2) is 0 Å². The van der Waals surface area contributed by atoms with E-state index in [-0.39, 0.29) is 18.0 Å². The van der Waals surface area contributed by atoms with Gasteiger partial charge >= 0.3 is 6.18 Å². The molecule has 4 nitrogen and oxygen atoms in total. The number of rotatable bonds is 4. The predicted octanol–water partition coefficient (Wildman–Crippen LogP) is 3.56. The van der Waals surface area contributed by atoms with Gasteiger partial charge in [0, 0.05) is 18.2 Å². The van der Waals surface area contributed by atoms with Crippen molar-refractivity contribution in [3.05, 3.63) is 34.4 Å². The summed E-state index contributed by atoms with van der Waals surface area (Å²) in [7, 11) is 0. The summed E-state index contributed by atoms with van der Waals surface area (Å²) in [4.78, 5) is 15.4. The maximum atomic E-state index is 13.1. The zero-order valence-corrected chi connectivity index (χ0v) is 15.9. The smallest absolute Gasteiger partial charge is 0.379 e. The molecule has 2 atom stereocenters. The molecule has 0 aliphatic carbocycles. The Bertz CT molecular complexity index is 685. The summed E-state index contributed by atoms with van der Waals surface area (Å²) in [5.41, 5.74) is 0.434. The molecule has 3 rings (SSSR count). The molecule has 0 bridgehead atoms. The minimum Gasteiger partial charge on any atom is -0.379 e. The van der Waals surface area contributed by atoms with Gasteiger partial charge in [0.05, 0.1) is 18.2 Å². The first-order chi connectivity index (χ1) is 12.8. The predicted molar refractivity (Wildman–Crippen MR) is 96.8 cm³/mol. The van der Waals surface area contributed by atoms with Crippen molar-refractivity contribution in [1.82, 2.24) is 10.2 Å². The molecule has 2 aliphatic rings. The Labute approximate surface area is 158 Å². The van der Waals surface area contributed by atoms with Gasteiger partial charge in [-0.2, -0.15) is 13.2 Å². The summed E-state index contributed by atoms with van der Waals surface area (Å²) in [6, 6.07) is 2.24. The van der Waals surface area contributed by atoms with Crippen molar-refractivity contribution >= 4 is 5.91 Å². The van der Waals surface area contributed by atoms with Gasteiger partial charge in [-0.1, -0.05) is 6.92 Å². The summed E-state index contributed by atoms with van der Waals surface area (Å²) in [5.74, 6) is -0.308. The zero-order valence-electron chi connectivity index (χ0n) is 15.9. The van der Waals surface area contributed by atoms with Crippen molar-refractivity contribution in [1.29, 1.82) is 0 Å². The van der Waals surface area contributed by atoms with E-state index < -0.39 is 11.7 Å². The minimum atomic E-state index is -4.41. The van der Waals surface area contributed by atoms with Crippen LogP contribution >= 0.6 is 0 Å².